The quantitative estimate of drug-likeness (QED) is 0.348. The van der Waals surface area contributed by atoms with Crippen molar-refractivity contribution in [1.29, 1.82) is 0 Å². The molecule has 3 nitrogen and oxygen atoms in total. The number of hydrogen-bond donors (Lipinski definition) is 0. The first-order chi connectivity index (χ1) is 5.79. The molecule has 0 amide bonds. The molecule has 2 atom stereocenters. The van der Waals surface area contributed by atoms with Gasteiger partial charge < -0.3 is 14.6 Å². The van der Waals surface area contributed by atoms with Crippen LogP contribution in [0.1, 0.15) is 32.1 Å². The van der Waals surface area contributed by atoms with Crippen molar-refractivity contribution in [2.45, 2.75) is 44.3 Å². The number of rotatable bonds is 2. The van der Waals surface area contributed by atoms with E-state index < -0.39 is 12.1 Å². The summed E-state index contributed by atoms with van der Waals surface area (Å²) in [6, 6.07) is 0. The molecule has 0 aromatic heterocycles. The molecule has 2 fully saturated rings. The first-order valence-corrected chi connectivity index (χ1v) is 4.65. The molecule has 1 aliphatic heterocycles. The summed E-state index contributed by atoms with van der Waals surface area (Å²) in [5.74, 6) is -0.549. The van der Waals surface area contributed by atoms with Crippen molar-refractivity contribution in [1.82, 2.24) is 0 Å². The third-order valence-electron chi connectivity index (χ3n) is 2.87. The van der Waals surface area contributed by atoms with Crippen LogP contribution in [0.2, 0.25) is 0 Å². The van der Waals surface area contributed by atoms with Gasteiger partial charge in [-0.15, -0.1) is 0 Å². The third-order valence-corrected chi connectivity index (χ3v) is 2.87. The van der Waals surface area contributed by atoms with E-state index in [1.807, 2.05) is 0 Å². The van der Waals surface area contributed by atoms with Crippen LogP contribution in [0.25, 0.3) is 0 Å². The molecule has 1 heterocycles. The van der Waals surface area contributed by atoms with Gasteiger partial charge in [0.05, 0.1) is 12.1 Å². The molecular formula is C9H13NaO3. The molecule has 4 heteroatoms. The molecule has 1 saturated carbocycles. The van der Waals surface area contributed by atoms with E-state index in [4.69, 9.17) is 4.74 Å². The zero-order chi connectivity index (χ0) is 8.55. The minimum atomic E-state index is -1.04. The van der Waals surface area contributed by atoms with E-state index in [1.165, 1.54) is 19.3 Å². The topological polar surface area (TPSA) is 52.7 Å². The van der Waals surface area contributed by atoms with Gasteiger partial charge in [-0.1, -0.05) is 19.3 Å². The van der Waals surface area contributed by atoms with Crippen LogP contribution < -0.4 is 34.7 Å². The fraction of sp³-hybridized carbons (Fsp3) is 0.889. The van der Waals surface area contributed by atoms with Gasteiger partial charge in [-0.25, -0.2) is 0 Å². The van der Waals surface area contributed by atoms with Crippen molar-refractivity contribution >= 4 is 5.97 Å². The number of carbonyl (C=O) groups excluding carboxylic acids is 1. The molecule has 2 aliphatic rings. The summed E-state index contributed by atoms with van der Waals surface area (Å²) >= 11 is 0. The van der Waals surface area contributed by atoms with Crippen molar-refractivity contribution in [3.8, 4) is 0 Å². The molecule has 1 saturated heterocycles. The molecule has 2 rings (SSSR count). The van der Waals surface area contributed by atoms with Gasteiger partial charge in [0.1, 0.15) is 6.10 Å². The zero-order valence-corrected chi connectivity index (χ0v) is 9.99. The monoisotopic (exact) mass is 192 g/mol. The Hall–Kier alpha value is 0.430. The van der Waals surface area contributed by atoms with Crippen molar-refractivity contribution in [2.24, 2.45) is 5.92 Å². The van der Waals surface area contributed by atoms with Gasteiger partial charge in [0, 0.05) is 0 Å². The SMILES string of the molecule is O=C([O-])[C@H]1O[C@@H]1C1CCCCC1.[Na+]. The van der Waals surface area contributed by atoms with Crippen molar-refractivity contribution in [3.05, 3.63) is 0 Å². The average molecular weight is 192 g/mol. The van der Waals surface area contributed by atoms with Crippen molar-refractivity contribution in [2.75, 3.05) is 0 Å². The third kappa shape index (κ3) is 2.69. The van der Waals surface area contributed by atoms with Gasteiger partial charge in [0.15, 0.2) is 0 Å². The molecular weight excluding hydrogens is 179 g/mol. The Bertz CT molecular complexity index is 189. The Morgan fingerprint density at radius 1 is 1.23 bits per heavy atom. The molecule has 0 aromatic rings. The number of carboxylic acids is 1. The Morgan fingerprint density at radius 3 is 2.31 bits per heavy atom. The van der Waals surface area contributed by atoms with Crippen molar-refractivity contribution < 1.29 is 44.2 Å². The van der Waals surface area contributed by atoms with Crippen LogP contribution in [0, 0.1) is 5.92 Å². The first-order valence-electron chi connectivity index (χ1n) is 4.65. The minimum absolute atomic E-state index is 0. The van der Waals surface area contributed by atoms with Crippen molar-refractivity contribution in [3.63, 3.8) is 0 Å². The maximum absolute atomic E-state index is 10.4. The van der Waals surface area contributed by atoms with Crippen LogP contribution in [-0.2, 0) is 9.53 Å². The zero-order valence-electron chi connectivity index (χ0n) is 7.99. The molecule has 68 valence electrons. The van der Waals surface area contributed by atoms with E-state index in [2.05, 4.69) is 0 Å². The van der Waals surface area contributed by atoms with Crippen LogP contribution in [-0.4, -0.2) is 18.2 Å². The summed E-state index contributed by atoms with van der Waals surface area (Å²) in [5, 5.41) is 10.4. The maximum atomic E-state index is 10.4. The van der Waals surface area contributed by atoms with Gasteiger partial charge in [0.25, 0.3) is 0 Å². The molecule has 0 unspecified atom stereocenters. The Balaban J connectivity index is 0.000000845. The van der Waals surface area contributed by atoms with E-state index in [1.54, 1.807) is 0 Å². The fourth-order valence-corrected chi connectivity index (χ4v) is 2.13. The van der Waals surface area contributed by atoms with Gasteiger partial charge >= 0.3 is 29.6 Å². The number of carbonyl (C=O) groups is 1. The smallest absolute Gasteiger partial charge is 0.547 e. The minimum Gasteiger partial charge on any atom is -0.547 e. The van der Waals surface area contributed by atoms with Crippen LogP contribution in [0.3, 0.4) is 0 Å². The summed E-state index contributed by atoms with van der Waals surface area (Å²) in [5.41, 5.74) is 0. The number of ether oxygens (including phenoxy) is 1. The van der Waals surface area contributed by atoms with Gasteiger partial charge in [-0.05, 0) is 18.8 Å². The molecule has 13 heavy (non-hydrogen) atoms. The molecule has 0 aromatic carbocycles. The van der Waals surface area contributed by atoms with E-state index in [0.717, 1.165) is 12.8 Å². The van der Waals surface area contributed by atoms with Crippen LogP contribution in [0.5, 0.6) is 0 Å². The molecule has 0 spiro atoms. The molecule has 0 radical (unpaired) electrons. The Labute approximate surface area is 100 Å². The standard InChI is InChI=1S/C9H14O3.Na/c10-9(11)8-7(12-8)6-4-2-1-3-5-6;/h6-8H,1-5H2,(H,10,11);/q;+1/p-1/t7-,8+;/m1./s1. The second-order valence-corrected chi connectivity index (χ2v) is 3.74. The van der Waals surface area contributed by atoms with E-state index in [0.29, 0.717) is 5.92 Å². The van der Waals surface area contributed by atoms with E-state index >= 15 is 0 Å². The fourth-order valence-electron chi connectivity index (χ4n) is 2.13. The second-order valence-electron chi connectivity index (χ2n) is 3.74. The van der Waals surface area contributed by atoms with Crippen LogP contribution in [0.4, 0.5) is 0 Å². The Kier molecular flexibility index (Phi) is 4.23. The summed E-state index contributed by atoms with van der Waals surface area (Å²) in [4.78, 5) is 10.4. The first kappa shape index (κ1) is 11.5. The summed E-state index contributed by atoms with van der Waals surface area (Å²) in [6.45, 7) is 0. The summed E-state index contributed by atoms with van der Waals surface area (Å²) in [7, 11) is 0. The number of hydrogen-bond acceptors (Lipinski definition) is 3. The Morgan fingerprint density at radius 2 is 1.85 bits per heavy atom. The predicted octanol–water partition coefficient (Wildman–Crippen LogP) is -2.91. The number of carboxylic acid groups (broad SMARTS) is 1. The second kappa shape index (κ2) is 4.78. The largest absolute Gasteiger partial charge is 1.00 e. The van der Waals surface area contributed by atoms with Gasteiger partial charge in [-0.3, -0.25) is 0 Å². The predicted molar refractivity (Wildman–Crippen MR) is 40.2 cm³/mol. The maximum Gasteiger partial charge on any atom is 1.00 e. The van der Waals surface area contributed by atoms with Crippen LogP contribution in [0.15, 0.2) is 0 Å². The molecule has 0 N–H and O–H groups in total. The number of aliphatic carboxylic acids is 1. The summed E-state index contributed by atoms with van der Waals surface area (Å²) in [6.07, 6.45) is 5.40. The summed E-state index contributed by atoms with van der Waals surface area (Å²) < 4.78 is 5.06. The van der Waals surface area contributed by atoms with Crippen LogP contribution >= 0.6 is 0 Å². The van der Waals surface area contributed by atoms with Gasteiger partial charge in [0.2, 0.25) is 0 Å². The molecule has 1 aliphatic carbocycles. The molecule has 0 bridgehead atoms. The van der Waals surface area contributed by atoms with E-state index in [-0.39, 0.29) is 35.7 Å². The number of epoxide rings is 1. The normalized spacial score (nSPS) is 33.5. The van der Waals surface area contributed by atoms with Gasteiger partial charge in [-0.2, -0.15) is 0 Å². The van der Waals surface area contributed by atoms with E-state index in [9.17, 15) is 9.90 Å². The average Bonchev–Trinajstić information content (AvgIpc) is 2.84.